The second-order valence-corrected chi connectivity index (χ2v) is 3.99. The fourth-order valence-electron chi connectivity index (χ4n) is 1.56. The van der Waals surface area contributed by atoms with Crippen LogP contribution in [0.4, 0.5) is 10.2 Å². The van der Waals surface area contributed by atoms with Crippen LogP contribution < -0.4 is 5.32 Å². The van der Waals surface area contributed by atoms with Gasteiger partial charge in [-0.1, -0.05) is 12.1 Å². The number of rotatable bonds is 4. The highest BCUT2D eigenvalue weighted by Crippen LogP contribution is 2.14. The van der Waals surface area contributed by atoms with Gasteiger partial charge < -0.3 is 10.4 Å². The quantitative estimate of drug-likeness (QED) is 0.868. The maximum Gasteiger partial charge on any atom is 0.129 e. The van der Waals surface area contributed by atoms with Crippen molar-refractivity contribution in [3.05, 3.63) is 53.7 Å². The Balaban J connectivity index is 1.96. The van der Waals surface area contributed by atoms with Crippen molar-refractivity contribution in [1.82, 2.24) is 9.97 Å². The summed E-state index contributed by atoms with van der Waals surface area (Å²) in [7, 11) is 0. The normalized spacial score (nSPS) is 12.2. The summed E-state index contributed by atoms with van der Waals surface area (Å²) in [6, 6.07) is 7.57. The molecule has 1 atom stereocenters. The molecule has 0 saturated heterocycles. The molecule has 2 aromatic rings. The topological polar surface area (TPSA) is 58.0 Å². The zero-order valence-corrected chi connectivity index (χ0v) is 9.97. The van der Waals surface area contributed by atoms with E-state index in [4.69, 9.17) is 0 Å². The largest absolute Gasteiger partial charge is 0.387 e. The number of anilines is 1. The van der Waals surface area contributed by atoms with E-state index in [1.165, 1.54) is 18.5 Å². The zero-order valence-electron chi connectivity index (χ0n) is 9.97. The highest BCUT2D eigenvalue weighted by Gasteiger charge is 2.07. The Kier molecular flexibility index (Phi) is 3.84. The third-order valence-corrected chi connectivity index (χ3v) is 2.54. The first-order chi connectivity index (χ1) is 8.65. The van der Waals surface area contributed by atoms with E-state index in [0.29, 0.717) is 17.9 Å². The zero-order chi connectivity index (χ0) is 13.0. The van der Waals surface area contributed by atoms with Gasteiger partial charge in [-0.15, -0.1) is 0 Å². The summed E-state index contributed by atoms with van der Waals surface area (Å²) in [6.07, 6.45) is 0.753. The van der Waals surface area contributed by atoms with E-state index in [1.807, 2.05) is 6.92 Å². The molecule has 0 spiro atoms. The van der Waals surface area contributed by atoms with Crippen LogP contribution in [-0.4, -0.2) is 21.6 Å². The van der Waals surface area contributed by atoms with Crippen molar-refractivity contribution >= 4 is 5.82 Å². The van der Waals surface area contributed by atoms with Crippen LogP contribution in [0.5, 0.6) is 0 Å². The van der Waals surface area contributed by atoms with Gasteiger partial charge in [0.15, 0.2) is 0 Å². The number of nitrogens with zero attached hydrogens (tertiary/aromatic N) is 2. The van der Waals surface area contributed by atoms with Crippen molar-refractivity contribution in [2.45, 2.75) is 13.0 Å². The summed E-state index contributed by atoms with van der Waals surface area (Å²) in [5, 5.41) is 12.9. The minimum absolute atomic E-state index is 0.308. The van der Waals surface area contributed by atoms with Crippen molar-refractivity contribution in [2.24, 2.45) is 0 Å². The van der Waals surface area contributed by atoms with E-state index in [1.54, 1.807) is 18.2 Å². The highest BCUT2D eigenvalue weighted by molar-refractivity contribution is 5.35. The molecule has 1 heterocycles. The molecular weight excluding hydrogens is 233 g/mol. The summed E-state index contributed by atoms with van der Waals surface area (Å²) >= 11 is 0. The fraction of sp³-hybridized carbons (Fsp3) is 0.231. The molecule has 18 heavy (non-hydrogen) atoms. The molecule has 1 unspecified atom stereocenters. The van der Waals surface area contributed by atoms with Crippen LogP contribution in [0.25, 0.3) is 0 Å². The Morgan fingerprint density at radius 3 is 2.67 bits per heavy atom. The minimum atomic E-state index is -0.708. The predicted molar refractivity (Wildman–Crippen MR) is 66.6 cm³/mol. The van der Waals surface area contributed by atoms with Gasteiger partial charge in [-0.2, -0.15) is 0 Å². The lowest BCUT2D eigenvalue weighted by atomic mass is 10.1. The molecule has 2 N–H and O–H groups in total. The molecule has 0 aliphatic carbocycles. The smallest absolute Gasteiger partial charge is 0.129 e. The number of aryl methyl sites for hydroxylation is 1. The fourth-order valence-corrected chi connectivity index (χ4v) is 1.56. The molecule has 5 heteroatoms. The molecule has 0 fully saturated rings. The first-order valence-electron chi connectivity index (χ1n) is 5.61. The number of hydrogen-bond donors (Lipinski definition) is 2. The van der Waals surface area contributed by atoms with Gasteiger partial charge in [0, 0.05) is 18.3 Å². The number of benzene rings is 1. The summed E-state index contributed by atoms with van der Waals surface area (Å²) in [5.74, 6) is 0.342. The Hall–Kier alpha value is -2.01. The van der Waals surface area contributed by atoms with Crippen LogP contribution in [0, 0.1) is 12.7 Å². The Morgan fingerprint density at radius 1 is 1.28 bits per heavy atom. The van der Waals surface area contributed by atoms with Crippen molar-refractivity contribution in [1.29, 1.82) is 0 Å². The second-order valence-electron chi connectivity index (χ2n) is 3.99. The lowest BCUT2D eigenvalue weighted by Crippen LogP contribution is -2.13. The molecule has 0 radical (unpaired) electrons. The standard InChI is InChI=1S/C13H14FN3O/c1-9-6-13(17-8-16-9)15-7-12(18)10-2-4-11(14)5-3-10/h2-6,8,12,18H,7H2,1H3,(H,15,16,17). The van der Waals surface area contributed by atoms with Crippen molar-refractivity contribution in [3.63, 3.8) is 0 Å². The van der Waals surface area contributed by atoms with Gasteiger partial charge in [-0.05, 0) is 24.6 Å². The summed E-state index contributed by atoms with van der Waals surface area (Å²) in [5.41, 5.74) is 1.51. The van der Waals surface area contributed by atoms with E-state index in [9.17, 15) is 9.50 Å². The first kappa shape index (κ1) is 12.4. The van der Waals surface area contributed by atoms with Gasteiger partial charge in [0.2, 0.25) is 0 Å². The number of aliphatic hydroxyl groups excluding tert-OH is 1. The summed E-state index contributed by atoms with van der Waals surface area (Å²) in [4.78, 5) is 8.01. The van der Waals surface area contributed by atoms with E-state index < -0.39 is 6.10 Å². The van der Waals surface area contributed by atoms with Gasteiger partial charge in [0.25, 0.3) is 0 Å². The number of nitrogens with one attached hydrogen (secondary N) is 1. The third-order valence-electron chi connectivity index (χ3n) is 2.54. The average molecular weight is 247 g/mol. The number of aromatic nitrogens is 2. The van der Waals surface area contributed by atoms with Crippen LogP contribution in [0.15, 0.2) is 36.7 Å². The molecule has 0 aliphatic rings. The molecule has 1 aromatic carbocycles. The van der Waals surface area contributed by atoms with Crippen molar-refractivity contribution in [3.8, 4) is 0 Å². The molecule has 4 nitrogen and oxygen atoms in total. The molecule has 0 saturated carbocycles. The predicted octanol–water partition coefficient (Wildman–Crippen LogP) is 2.07. The molecule has 94 valence electrons. The van der Waals surface area contributed by atoms with Crippen LogP contribution in [0.1, 0.15) is 17.4 Å². The van der Waals surface area contributed by atoms with Gasteiger partial charge in [0.05, 0.1) is 6.10 Å². The molecule has 2 rings (SSSR count). The molecule has 1 aromatic heterocycles. The van der Waals surface area contributed by atoms with Crippen molar-refractivity contribution < 1.29 is 9.50 Å². The van der Waals surface area contributed by atoms with Gasteiger partial charge in [-0.25, -0.2) is 14.4 Å². The second kappa shape index (κ2) is 5.55. The van der Waals surface area contributed by atoms with Gasteiger partial charge in [-0.3, -0.25) is 0 Å². The van der Waals surface area contributed by atoms with E-state index >= 15 is 0 Å². The first-order valence-corrected chi connectivity index (χ1v) is 5.61. The summed E-state index contributed by atoms with van der Waals surface area (Å²) < 4.78 is 12.7. The number of hydrogen-bond acceptors (Lipinski definition) is 4. The summed E-state index contributed by atoms with van der Waals surface area (Å²) in [6.45, 7) is 2.17. The van der Waals surface area contributed by atoms with Crippen molar-refractivity contribution in [2.75, 3.05) is 11.9 Å². The van der Waals surface area contributed by atoms with E-state index in [-0.39, 0.29) is 5.82 Å². The maximum absolute atomic E-state index is 12.7. The Labute approximate surface area is 105 Å². The molecule has 0 aliphatic heterocycles. The lowest BCUT2D eigenvalue weighted by molar-refractivity contribution is 0.191. The van der Waals surface area contributed by atoms with Crippen LogP contribution in [-0.2, 0) is 0 Å². The van der Waals surface area contributed by atoms with E-state index in [2.05, 4.69) is 15.3 Å². The molecule has 0 bridgehead atoms. The Morgan fingerprint density at radius 2 is 2.00 bits per heavy atom. The maximum atomic E-state index is 12.7. The minimum Gasteiger partial charge on any atom is -0.387 e. The lowest BCUT2D eigenvalue weighted by Gasteiger charge is -2.12. The van der Waals surface area contributed by atoms with Crippen LogP contribution in [0.3, 0.4) is 0 Å². The average Bonchev–Trinajstić information content (AvgIpc) is 2.37. The SMILES string of the molecule is Cc1cc(NCC(O)c2ccc(F)cc2)ncn1. The van der Waals surface area contributed by atoms with Crippen LogP contribution in [0.2, 0.25) is 0 Å². The number of aliphatic hydroxyl groups is 1. The monoisotopic (exact) mass is 247 g/mol. The third kappa shape index (κ3) is 3.24. The Bertz CT molecular complexity index is 516. The van der Waals surface area contributed by atoms with Crippen LogP contribution >= 0.6 is 0 Å². The highest BCUT2D eigenvalue weighted by atomic mass is 19.1. The van der Waals surface area contributed by atoms with Gasteiger partial charge in [0.1, 0.15) is 18.0 Å². The van der Waals surface area contributed by atoms with Gasteiger partial charge >= 0.3 is 0 Å². The van der Waals surface area contributed by atoms with E-state index in [0.717, 1.165) is 5.69 Å². The number of halogens is 1. The molecule has 0 amide bonds. The molecular formula is C13H14FN3O.